The van der Waals surface area contributed by atoms with Crippen LogP contribution < -0.4 is 10.1 Å². The first-order valence-corrected chi connectivity index (χ1v) is 11.2. The number of rotatable bonds is 4. The number of aromatic nitrogens is 3. The van der Waals surface area contributed by atoms with Crippen LogP contribution in [-0.2, 0) is 0 Å². The molecule has 1 aliphatic heterocycles. The number of nitrogens with zero attached hydrogens (tertiary/aromatic N) is 5. The molecule has 1 unspecified atom stereocenters. The van der Waals surface area contributed by atoms with E-state index in [0.29, 0.717) is 30.2 Å². The highest BCUT2D eigenvalue weighted by molar-refractivity contribution is 9.10. The monoisotopic (exact) mass is 504 g/mol. The molecule has 0 saturated carbocycles. The fraction of sp³-hybridized carbons (Fsp3) is 0.208. The minimum Gasteiger partial charge on any atom is -0.424 e. The van der Waals surface area contributed by atoms with Gasteiger partial charge in [-0.05, 0) is 58.1 Å². The maximum absolute atomic E-state index is 12.6. The van der Waals surface area contributed by atoms with Crippen molar-refractivity contribution in [1.29, 1.82) is 5.26 Å². The molecule has 0 radical (unpaired) electrons. The molecule has 1 aliphatic rings. The number of anilines is 1. The molecule has 9 heteroatoms. The van der Waals surface area contributed by atoms with Crippen LogP contribution in [0.3, 0.4) is 0 Å². The number of hydrogen-bond acceptors (Lipinski definition) is 6. The number of pyridine rings is 1. The van der Waals surface area contributed by atoms with Crippen molar-refractivity contribution in [3.05, 3.63) is 76.3 Å². The van der Waals surface area contributed by atoms with Gasteiger partial charge in [-0.2, -0.15) is 5.26 Å². The molecule has 3 heterocycles. The number of amides is 2. The average molecular weight is 505 g/mol. The second kappa shape index (κ2) is 10.2. The Hall–Kier alpha value is -3.77. The SMILES string of the molecule is CC1CN(C(=O)Nc2ccc(C#N)nc2)CC/C1=C\c1cccc(Oc2ncc(Br)cn2)c1. The molecule has 1 atom stereocenters. The number of ether oxygens (including phenoxy) is 1. The average Bonchev–Trinajstić information content (AvgIpc) is 2.82. The number of halogens is 1. The molecule has 1 fully saturated rings. The Labute approximate surface area is 200 Å². The summed E-state index contributed by atoms with van der Waals surface area (Å²) in [5.41, 5.74) is 3.18. The van der Waals surface area contributed by atoms with Gasteiger partial charge in [0.05, 0.1) is 16.4 Å². The van der Waals surface area contributed by atoms with E-state index >= 15 is 0 Å². The van der Waals surface area contributed by atoms with Crippen molar-refractivity contribution in [2.45, 2.75) is 13.3 Å². The molecule has 1 aromatic carbocycles. The fourth-order valence-electron chi connectivity index (χ4n) is 3.53. The summed E-state index contributed by atoms with van der Waals surface area (Å²) in [4.78, 5) is 26.7. The summed E-state index contributed by atoms with van der Waals surface area (Å²) >= 11 is 3.31. The molecule has 33 heavy (non-hydrogen) atoms. The van der Waals surface area contributed by atoms with Crippen LogP contribution in [-0.4, -0.2) is 39.0 Å². The van der Waals surface area contributed by atoms with Gasteiger partial charge in [0.2, 0.25) is 0 Å². The highest BCUT2D eigenvalue weighted by atomic mass is 79.9. The summed E-state index contributed by atoms with van der Waals surface area (Å²) in [7, 11) is 0. The first-order valence-electron chi connectivity index (χ1n) is 10.4. The van der Waals surface area contributed by atoms with E-state index in [2.05, 4.69) is 49.2 Å². The van der Waals surface area contributed by atoms with Crippen LogP contribution in [0, 0.1) is 17.2 Å². The number of nitrogens with one attached hydrogen (secondary N) is 1. The number of piperidine rings is 1. The molecule has 3 aromatic rings. The molecule has 0 bridgehead atoms. The van der Waals surface area contributed by atoms with E-state index in [1.54, 1.807) is 29.4 Å². The molecule has 4 rings (SSSR count). The topological polar surface area (TPSA) is 104 Å². The molecular weight excluding hydrogens is 484 g/mol. The van der Waals surface area contributed by atoms with E-state index in [-0.39, 0.29) is 18.0 Å². The minimum atomic E-state index is -0.169. The quantitative estimate of drug-likeness (QED) is 0.519. The highest BCUT2D eigenvalue weighted by Crippen LogP contribution is 2.27. The molecule has 166 valence electrons. The lowest BCUT2D eigenvalue weighted by molar-refractivity contribution is 0.198. The minimum absolute atomic E-state index is 0.169. The van der Waals surface area contributed by atoms with Crippen LogP contribution >= 0.6 is 15.9 Å². The number of benzene rings is 1. The fourth-order valence-corrected chi connectivity index (χ4v) is 3.73. The van der Waals surface area contributed by atoms with Gasteiger partial charge < -0.3 is 15.0 Å². The van der Waals surface area contributed by atoms with Crippen molar-refractivity contribution in [2.24, 2.45) is 5.92 Å². The summed E-state index contributed by atoms with van der Waals surface area (Å²) in [6.07, 6.45) is 7.69. The van der Waals surface area contributed by atoms with Crippen molar-refractivity contribution in [3.63, 3.8) is 0 Å². The lowest BCUT2D eigenvalue weighted by Crippen LogP contribution is -2.42. The Kier molecular flexibility index (Phi) is 6.95. The van der Waals surface area contributed by atoms with Gasteiger partial charge in [-0.1, -0.05) is 30.7 Å². The Balaban J connectivity index is 1.38. The molecule has 8 nitrogen and oxygen atoms in total. The standard InChI is InChI=1S/C24H21BrN6O2/c1-16-15-31(24(32)30-21-6-5-20(11-26)27-14-21)8-7-18(16)9-17-3-2-4-22(10-17)33-23-28-12-19(25)13-29-23/h2-6,9-10,12-14,16H,7-8,15H2,1H3,(H,30,32)/b18-9+. The highest BCUT2D eigenvalue weighted by Gasteiger charge is 2.24. The van der Waals surface area contributed by atoms with Crippen molar-refractivity contribution in [3.8, 4) is 17.8 Å². The van der Waals surface area contributed by atoms with Crippen molar-refractivity contribution in [2.75, 3.05) is 18.4 Å². The lowest BCUT2D eigenvalue weighted by atomic mass is 9.91. The first kappa shape index (κ1) is 22.4. The number of hydrogen-bond donors (Lipinski definition) is 1. The Bertz CT molecular complexity index is 1200. The normalized spacial score (nSPS) is 16.8. The maximum atomic E-state index is 12.6. The predicted octanol–water partition coefficient (Wildman–Crippen LogP) is 5.26. The van der Waals surface area contributed by atoms with E-state index < -0.39 is 0 Å². The molecule has 1 saturated heterocycles. The van der Waals surface area contributed by atoms with E-state index in [1.165, 1.54) is 11.8 Å². The van der Waals surface area contributed by atoms with Gasteiger partial charge in [0.1, 0.15) is 17.5 Å². The van der Waals surface area contributed by atoms with Crippen LogP contribution in [0.1, 0.15) is 24.6 Å². The third-order valence-electron chi connectivity index (χ3n) is 5.23. The smallest absolute Gasteiger partial charge is 0.321 e. The predicted molar refractivity (Wildman–Crippen MR) is 128 cm³/mol. The summed E-state index contributed by atoms with van der Waals surface area (Å²) < 4.78 is 6.54. The Morgan fingerprint density at radius 1 is 1.24 bits per heavy atom. The molecule has 0 aliphatic carbocycles. The molecule has 1 N–H and O–H groups in total. The summed E-state index contributed by atoms with van der Waals surface area (Å²) in [5, 5.41) is 11.7. The first-order chi connectivity index (χ1) is 16.0. The largest absolute Gasteiger partial charge is 0.424 e. The molecule has 0 spiro atoms. The van der Waals surface area contributed by atoms with Crippen LogP contribution in [0.25, 0.3) is 6.08 Å². The second-order valence-electron chi connectivity index (χ2n) is 7.65. The van der Waals surface area contributed by atoms with Crippen molar-refractivity contribution < 1.29 is 9.53 Å². The van der Waals surface area contributed by atoms with Crippen LogP contribution in [0.4, 0.5) is 10.5 Å². The zero-order chi connectivity index (χ0) is 23.2. The van der Waals surface area contributed by atoms with Gasteiger partial charge in [-0.15, -0.1) is 0 Å². The van der Waals surface area contributed by atoms with Gasteiger partial charge in [0, 0.05) is 25.5 Å². The third-order valence-corrected chi connectivity index (χ3v) is 5.64. The second-order valence-corrected chi connectivity index (χ2v) is 8.56. The summed E-state index contributed by atoms with van der Waals surface area (Å²) in [5.74, 6) is 0.870. The molecular formula is C24H21BrN6O2. The number of carbonyl (C=O) groups is 1. The van der Waals surface area contributed by atoms with Gasteiger partial charge in [0.25, 0.3) is 0 Å². The zero-order valence-electron chi connectivity index (χ0n) is 17.9. The molecule has 2 aromatic heterocycles. The molecule has 2 amide bonds. The van der Waals surface area contributed by atoms with Crippen LogP contribution in [0.15, 0.2) is 65.0 Å². The van der Waals surface area contributed by atoms with E-state index in [0.717, 1.165) is 16.5 Å². The number of carbonyl (C=O) groups excluding carboxylic acids is 1. The van der Waals surface area contributed by atoms with E-state index in [4.69, 9.17) is 10.00 Å². The Morgan fingerprint density at radius 2 is 2.06 bits per heavy atom. The number of likely N-dealkylation sites (tertiary alicyclic amines) is 1. The van der Waals surface area contributed by atoms with Gasteiger partial charge >= 0.3 is 12.0 Å². The van der Waals surface area contributed by atoms with Crippen molar-refractivity contribution in [1.82, 2.24) is 19.9 Å². The number of urea groups is 1. The number of nitriles is 1. The lowest BCUT2D eigenvalue weighted by Gasteiger charge is -2.33. The zero-order valence-corrected chi connectivity index (χ0v) is 19.5. The van der Waals surface area contributed by atoms with Gasteiger partial charge in [-0.25, -0.2) is 19.7 Å². The van der Waals surface area contributed by atoms with E-state index in [1.807, 2.05) is 30.3 Å². The summed E-state index contributed by atoms with van der Waals surface area (Å²) in [6, 6.07) is 13.1. The van der Waals surface area contributed by atoms with Crippen molar-refractivity contribution >= 4 is 33.7 Å². The Morgan fingerprint density at radius 3 is 2.76 bits per heavy atom. The van der Waals surface area contributed by atoms with E-state index in [9.17, 15) is 4.79 Å². The van der Waals surface area contributed by atoms with Gasteiger partial charge in [-0.3, -0.25) is 0 Å². The van der Waals surface area contributed by atoms with Crippen LogP contribution in [0.2, 0.25) is 0 Å². The van der Waals surface area contributed by atoms with Crippen LogP contribution in [0.5, 0.6) is 11.8 Å². The maximum Gasteiger partial charge on any atom is 0.321 e. The third kappa shape index (κ3) is 5.93. The summed E-state index contributed by atoms with van der Waals surface area (Å²) in [6.45, 7) is 3.35. The van der Waals surface area contributed by atoms with Gasteiger partial charge in [0.15, 0.2) is 0 Å².